The lowest BCUT2D eigenvalue weighted by Crippen LogP contribution is -2.23. The molecule has 0 bridgehead atoms. The molecule has 0 fully saturated rings. The Balaban J connectivity index is 1.54. The van der Waals surface area contributed by atoms with E-state index in [4.69, 9.17) is 4.42 Å². The van der Waals surface area contributed by atoms with E-state index in [0.717, 1.165) is 11.0 Å². The Labute approximate surface area is 125 Å². The highest BCUT2D eigenvalue weighted by atomic mass is 16.3. The molecule has 0 saturated carbocycles. The lowest BCUT2D eigenvalue weighted by Gasteiger charge is -2.01. The summed E-state index contributed by atoms with van der Waals surface area (Å²) in [5, 5.41) is 11.8. The second-order valence-electron chi connectivity index (χ2n) is 4.88. The standard InChI is InChI=1S/C16H12N4O2/c21-16(13-9-11-5-1-2-6-12(11)22-13)17-10-15-19-18-14-7-3-4-8-20(14)15/h1-9H,10H2,(H,17,21). The van der Waals surface area contributed by atoms with Gasteiger partial charge in [0.2, 0.25) is 0 Å². The molecule has 4 rings (SSSR count). The molecule has 0 unspecified atom stereocenters. The van der Waals surface area contributed by atoms with Crippen LogP contribution in [0.15, 0.2) is 59.1 Å². The number of nitrogens with zero attached hydrogens (tertiary/aromatic N) is 3. The predicted molar refractivity (Wildman–Crippen MR) is 80.4 cm³/mol. The SMILES string of the molecule is O=C(NCc1nnc2ccccn12)c1cc2ccccc2o1. The van der Waals surface area contributed by atoms with Gasteiger partial charge in [-0.2, -0.15) is 0 Å². The first-order valence-corrected chi connectivity index (χ1v) is 6.87. The third-order valence-corrected chi connectivity index (χ3v) is 3.44. The van der Waals surface area contributed by atoms with Crippen LogP contribution in [0.1, 0.15) is 16.4 Å². The number of hydrogen-bond donors (Lipinski definition) is 1. The number of fused-ring (bicyclic) bond motifs is 2. The van der Waals surface area contributed by atoms with Gasteiger partial charge in [-0.3, -0.25) is 9.20 Å². The first-order chi connectivity index (χ1) is 10.8. The number of carbonyl (C=O) groups is 1. The molecule has 0 saturated heterocycles. The van der Waals surface area contributed by atoms with Crippen LogP contribution in [0.3, 0.4) is 0 Å². The zero-order chi connectivity index (χ0) is 14.9. The summed E-state index contributed by atoms with van der Waals surface area (Å²) < 4.78 is 7.36. The Bertz CT molecular complexity index is 937. The number of benzene rings is 1. The summed E-state index contributed by atoms with van der Waals surface area (Å²) in [5.41, 5.74) is 1.44. The molecule has 6 heteroatoms. The normalized spacial score (nSPS) is 11.1. The minimum atomic E-state index is -0.274. The van der Waals surface area contributed by atoms with Crippen molar-refractivity contribution < 1.29 is 9.21 Å². The molecule has 0 aliphatic rings. The van der Waals surface area contributed by atoms with E-state index in [2.05, 4.69) is 15.5 Å². The molecule has 1 N–H and O–H groups in total. The van der Waals surface area contributed by atoms with Crippen LogP contribution in [0.5, 0.6) is 0 Å². The van der Waals surface area contributed by atoms with Crippen LogP contribution in [0.2, 0.25) is 0 Å². The maximum atomic E-state index is 12.2. The van der Waals surface area contributed by atoms with E-state index in [0.29, 0.717) is 11.4 Å². The van der Waals surface area contributed by atoms with E-state index < -0.39 is 0 Å². The maximum Gasteiger partial charge on any atom is 0.287 e. The van der Waals surface area contributed by atoms with Crippen molar-refractivity contribution in [3.63, 3.8) is 0 Å². The molecule has 3 heterocycles. The molecule has 0 aliphatic carbocycles. The maximum absolute atomic E-state index is 12.2. The lowest BCUT2D eigenvalue weighted by atomic mass is 10.2. The molecule has 0 aliphatic heterocycles. The fourth-order valence-corrected chi connectivity index (χ4v) is 2.35. The summed E-state index contributed by atoms with van der Waals surface area (Å²) >= 11 is 0. The average Bonchev–Trinajstić information content (AvgIpc) is 3.16. The van der Waals surface area contributed by atoms with Gasteiger partial charge in [-0.25, -0.2) is 0 Å². The Morgan fingerprint density at radius 3 is 2.91 bits per heavy atom. The van der Waals surface area contributed by atoms with E-state index in [-0.39, 0.29) is 18.2 Å². The van der Waals surface area contributed by atoms with Crippen LogP contribution in [-0.2, 0) is 6.54 Å². The number of furan rings is 1. The lowest BCUT2D eigenvalue weighted by molar-refractivity contribution is 0.0924. The topological polar surface area (TPSA) is 72.4 Å². The quantitative estimate of drug-likeness (QED) is 0.629. The third kappa shape index (κ3) is 2.10. The minimum Gasteiger partial charge on any atom is -0.451 e. The van der Waals surface area contributed by atoms with Crippen LogP contribution in [0, 0.1) is 0 Å². The Hall–Kier alpha value is -3.15. The number of hydrogen-bond acceptors (Lipinski definition) is 4. The second kappa shape index (κ2) is 5.00. The van der Waals surface area contributed by atoms with Crippen molar-refractivity contribution in [1.82, 2.24) is 19.9 Å². The van der Waals surface area contributed by atoms with Crippen molar-refractivity contribution in [3.8, 4) is 0 Å². The van der Waals surface area contributed by atoms with E-state index in [1.54, 1.807) is 6.07 Å². The number of nitrogens with one attached hydrogen (secondary N) is 1. The molecule has 6 nitrogen and oxygen atoms in total. The molecule has 4 aromatic rings. The van der Waals surface area contributed by atoms with Crippen LogP contribution in [0.25, 0.3) is 16.6 Å². The van der Waals surface area contributed by atoms with Gasteiger partial charge in [-0.05, 0) is 24.3 Å². The molecular formula is C16H12N4O2. The van der Waals surface area contributed by atoms with Gasteiger partial charge in [-0.15, -0.1) is 10.2 Å². The van der Waals surface area contributed by atoms with Gasteiger partial charge in [0.1, 0.15) is 5.58 Å². The molecule has 22 heavy (non-hydrogen) atoms. The van der Waals surface area contributed by atoms with Crippen molar-refractivity contribution in [2.75, 3.05) is 0 Å². The molecule has 1 aromatic carbocycles. The molecule has 108 valence electrons. The number of amides is 1. The highest BCUT2D eigenvalue weighted by Crippen LogP contribution is 2.18. The van der Waals surface area contributed by atoms with Crippen molar-refractivity contribution >= 4 is 22.5 Å². The zero-order valence-electron chi connectivity index (χ0n) is 11.6. The van der Waals surface area contributed by atoms with Crippen LogP contribution >= 0.6 is 0 Å². The van der Waals surface area contributed by atoms with Gasteiger partial charge in [0.15, 0.2) is 17.2 Å². The van der Waals surface area contributed by atoms with E-state index >= 15 is 0 Å². The minimum absolute atomic E-state index is 0.274. The number of carbonyl (C=O) groups excluding carboxylic acids is 1. The third-order valence-electron chi connectivity index (χ3n) is 3.44. The summed E-state index contributed by atoms with van der Waals surface area (Å²) in [6, 6.07) is 14.9. The van der Waals surface area contributed by atoms with E-state index in [1.165, 1.54) is 0 Å². The molecular weight excluding hydrogens is 280 g/mol. The average molecular weight is 292 g/mol. The zero-order valence-corrected chi connectivity index (χ0v) is 11.6. The summed E-state index contributed by atoms with van der Waals surface area (Å²) in [6.07, 6.45) is 1.86. The van der Waals surface area contributed by atoms with Crippen molar-refractivity contribution in [1.29, 1.82) is 0 Å². The molecule has 0 radical (unpaired) electrons. The van der Waals surface area contributed by atoms with Gasteiger partial charge in [0.25, 0.3) is 5.91 Å². The first-order valence-electron chi connectivity index (χ1n) is 6.87. The van der Waals surface area contributed by atoms with Crippen molar-refractivity contribution in [2.24, 2.45) is 0 Å². The van der Waals surface area contributed by atoms with Gasteiger partial charge < -0.3 is 9.73 Å². The Morgan fingerprint density at radius 2 is 2.00 bits per heavy atom. The highest BCUT2D eigenvalue weighted by molar-refractivity contribution is 5.95. The smallest absolute Gasteiger partial charge is 0.287 e. The number of aromatic nitrogens is 3. The largest absolute Gasteiger partial charge is 0.451 e. The van der Waals surface area contributed by atoms with Crippen molar-refractivity contribution in [2.45, 2.75) is 6.54 Å². The number of para-hydroxylation sites is 1. The predicted octanol–water partition coefficient (Wildman–Crippen LogP) is 2.41. The van der Waals surface area contributed by atoms with E-state index in [9.17, 15) is 4.79 Å². The summed E-state index contributed by atoms with van der Waals surface area (Å²) in [6.45, 7) is 0.279. The fourth-order valence-electron chi connectivity index (χ4n) is 2.35. The van der Waals surface area contributed by atoms with Crippen LogP contribution in [-0.4, -0.2) is 20.5 Å². The highest BCUT2D eigenvalue weighted by Gasteiger charge is 2.13. The Kier molecular flexibility index (Phi) is 2.86. The monoisotopic (exact) mass is 292 g/mol. The van der Waals surface area contributed by atoms with Gasteiger partial charge in [0, 0.05) is 11.6 Å². The first kappa shape index (κ1) is 12.6. The van der Waals surface area contributed by atoms with E-state index in [1.807, 2.05) is 53.1 Å². The summed E-state index contributed by atoms with van der Waals surface area (Å²) in [4.78, 5) is 12.2. The second-order valence-corrected chi connectivity index (χ2v) is 4.88. The Morgan fingerprint density at radius 1 is 1.14 bits per heavy atom. The van der Waals surface area contributed by atoms with Crippen LogP contribution < -0.4 is 5.32 Å². The van der Waals surface area contributed by atoms with Gasteiger partial charge in [-0.1, -0.05) is 24.3 Å². The van der Waals surface area contributed by atoms with Crippen LogP contribution in [0.4, 0.5) is 0 Å². The van der Waals surface area contributed by atoms with Crippen molar-refractivity contribution in [3.05, 3.63) is 66.3 Å². The fraction of sp³-hybridized carbons (Fsp3) is 0.0625. The molecule has 1 amide bonds. The van der Waals surface area contributed by atoms with Gasteiger partial charge in [0.05, 0.1) is 6.54 Å². The number of pyridine rings is 1. The molecule has 3 aromatic heterocycles. The summed E-state index contributed by atoms with van der Waals surface area (Å²) in [7, 11) is 0. The van der Waals surface area contributed by atoms with Gasteiger partial charge >= 0.3 is 0 Å². The molecule has 0 atom stereocenters. The summed E-state index contributed by atoms with van der Waals surface area (Å²) in [5.74, 6) is 0.680. The molecule has 0 spiro atoms. The number of rotatable bonds is 3.